The average Bonchev–Trinajstić information content (AvgIpc) is 2.64. The van der Waals surface area contributed by atoms with Gasteiger partial charge in [0.2, 0.25) is 0 Å². The average molecular weight is 361 g/mol. The van der Waals surface area contributed by atoms with Crippen molar-refractivity contribution in [3.05, 3.63) is 51.3 Å². The molecule has 1 aromatic heterocycles. The highest BCUT2D eigenvalue weighted by atomic mass is 79.9. The SMILES string of the molecule is Cc1nn(C)c(CC(=O)c2ccc(C(F)(F)F)cc2)c1Br. The summed E-state index contributed by atoms with van der Waals surface area (Å²) >= 11 is 3.36. The van der Waals surface area contributed by atoms with Crippen molar-refractivity contribution >= 4 is 21.7 Å². The van der Waals surface area contributed by atoms with Gasteiger partial charge in [0.05, 0.1) is 27.8 Å². The highest BCUT2D eigenvalue weighted by Gasteiger charge is 2.30. The quantitative estimate of drug-likeness (QED) is 0.777. The zero-order chi connectivity index (χ0) is 15.8. The molecule has 0 amide bonds. The zero-order valence-electron chi connectivity index (χ0n) is 11.3. The molecule has 0 radical (unpaired) electrons. The van der Waals surface area contributed by atoms with Crippen molar-refractivity contribution in [1.29, 1.82) is 0 Å². The number of ketones is 1. The maximum atomic E-state index is 12.5. The molecule has 7 heteroatoms. The molecule has 0 aliphatic heterocycles. The Balaban J connectivity index is 2.21. The minimum absolute atomic E-state index is 0.0727. The Kier molecular flexibility index (Phi) is 4.22. The standard InChI is InChI=1S/C14H12BrF3N2O/c1-8-13(15)11(20(2)19-8)7-12(21)9-3-5-10(6-4-9)14(16,17)18/h3-6H,7H2,1-2H3. The van der Waals surface area contributed by atoms with E-state index in [2.05, 4.69) is 21.0 Å². The van der Waals surface area contributed by atoms with Crippen LogP contribution in [0.15, 0.2) is 28.7 Å². The number of aryl methyl sites for hydroxylation is 2. The molecule has 0 N–H and O–H groups in total. The second kappa shape index (κ2) is 5.63. The number of rotatable bonds is 3. The summed E-state index contributed by atoms with van der Waals surface area (Å²) in [4.78, 5) is 12.1. The highest BCUT2D eigenvalue weighted by molar-refractivity contribution is 9.10. The number of halogens is 4. The van der Waals surface area contributed by atoms with Gasteiger partial charge in [-0.05, 0) is 35.0 Å². The topological polar surface area (TPSA) is 34.9 Å². The molecular weight excluding hydrogens is 349 g/mol. The summed E-state index contributed by atoms with van der Waals surface area (Å²) < 4.78 is 39.7. The molecule has 1 aromatic carbocycles. The van der Waals surface area contributed by atoms with Crippen molar-refractivity contribution in [3.63, 3.8) is 0 Å². The van der Waals surface area contributed by atoms with Gasteiger partial charge >= 0.3 is 6.18 Å². The Hall–Kier alpha value is -1.63. The van der Waals surface area contributed by atoms with E-state index in [0.717, 1.165) is 22.3 Å². The molecule has 0 saturated heterocycles. The number of benzene rings is 1. The molecular formula is C14H12BrF3N2O. The number of hydrogen-bond donors (Lipinski definition) is 0. The largest absolute Gasteiger partial charge is 0.416 e. The maximum absolute atomic E-state index is 12.5. The molecule has 0 atom stereocenters. The van der Waals surface area contributed by atoms with Crippen LogP contribution in [0.2, 0.25) is 0 Å². The molecule has 0 aliphatic rings. The van der Waals surface area contributed by atoms with Crippen molar-refractivity contribution in [2.75, 3.05) is 0 Å². The van der Waals surface area contributed by atoms with Crippen LogP contribution < -0.4 is 0 Å². The van der Waals surface area contributed by atoms with Gasteiger partial charge < -0.3 is 0 Å². The van der Waals surface area contributed by atoms with Crippen LogP contribution in [0.1, 0.15) is 27.3 Å². The maximum Gasteiger partial charge on any atom is 0.416 e. The fourth-order valence-corrected chi connectivity index (χ4v) is 2.45. The van der Waals surface area contributed by atoms with Crippen LogP contribution in [0.25, 0.3) is 0 Å². The summed E-state index contributed by atoms with van der Waals surface area (Å²) in [6.07, 6.45) is -4.33. The zero-order valence-corrected chi connectivity index (χ0v) is 12.9. The summed E-state index contributed by atoms with van der Waals surface area (Å²) in [5, 5.41) is 4.17. The predicted octanol–water partition coefficient (Wildman–Crippen LogP) is 3.94. The summed E-state index contributed by atoms with van der Waals surface area (Å²) in [6.45, 7) is 1.80. The van der Waals surface area contributed by atoms with E-state index in [1.54, 1.807) is 18.7 Å². The second-order valence-electron chi connectivity index (χ2n) is 4.64. The number of hydrogen-bond acceptors (Lipinski definition) is 2. The van der Waals surface area contributed by atoms with Crippen molar-refractivity contribution < 1.29 is 18.0 Å². The number of alkyl halides is 3. The van der Waals surface area contributed by atoms with E-state index in [9.17, 15) is 18.0 Å². The first kappa shape index (κ1) is 15.8. The molecule has 0 fully saturated rings. The van der Waals surface area contributed by atoms with Gasteiger partial charge in [0.1, 0.15) is 0 Å². The Labute approximate surface area is 127 Å². The van der Waals surface area contributed by atoms with Crippen LogP contribution in [0.4, 0.5) is 13.2 Å². The van der Waals surface area contributed by atoms with Crippen LogP contribution in [0, 0.1) is 6.92 Å². The molecule has 0 bridgehead atoms. The number of carbonyl (C=O) groups excluding carboxylic acids is 1. The van der Waals surface area contributed by atoms with Crippen LogP contribution in [-0.2, 0) is 19.6 Å². The normalized spacial score (nSPS) is 11.7. The summed E-state index contributed by atoms with van der Waals surface area (Å²) in [7, 11) is 1.72. The van der Waals surface area contributed by atoms with Crippen molar-refractivity contribution in [3.8, 4) is 0 Å². The molecule has 0 unspecified atom stereocenters. The van der Waals surface area contributed by atoms with E-state index in [-0.39, 0.29) is 17.8 Å². The monoisotopic (exact) mass is 360 g/mol. The summed E-state index contributed by atoms with van der Waals surface area (Å²) in [6, 6.07) is 4.22. The first-order valence-electron chi connectivity index (χ1n) is 6.08. The van der Waals surface area contributed by atoms with E-state index in [4.69, 9.17) is 0 Å². The number of nitrogens with zero attached hydrogens (tertiary/aromatic N) is 2. The molecule has 0 saturated carbocycles. The molecule has 0 spiro atoms. The van der Waals surface area contributed by atoms with Gasteiger partial charge in [-0.15, -0.1) is 0 Å². The molecule has 2 rings (SSSR count). The van der Waals surface area contributed by atoms with Crippen LogP contribution in [-0.4, -0.2) is 15.6 Å². The van der Waals surface area contributed by atoms with E-state index in [0.29, 0.717) is 5.69 Å². The lowest BCUT2D eigenvalue weighted by Gasteiger charge is -2.07. The third-order valence-electron chi connectivity index (χ3n) is 3.12. The number of Topliss-reactive ketones (excluding diaryl/α,β-unsaturated/α-hetero) is 1. The summed E-state index contributed by atoms with van der Waals surface area (Å²) in [5.74, 6) is -0.257. The van der Waals surface area contributed by atoms with Crippen LogP contribution in [0.3, 0.4) is 0 Å². The molecule has 21 heavy (non-hydrogen) atoms. The van der Waals surface area contributed by atoms with Gasteiger partial charge in [0, 0.05) is 12.6 Å². The Morgan fingerprint density at radius 3 is 2.29 bits per heavy atom. The number of carbonyl (C=O) groups is 1. The minimum Gasteiger partial charge on any atom is -0.294 e. The number of aromatic nitrogens is 2. The lowest BCUT2D eigenvalue weighted by atomic mass is 10.0. The van der Waals surface area contributed by atoms with E-state index in [1.165, 1.54) is 12.1 Å². The molecule has 112 valence electrons. The highest BCUT2D eigenvalue weighted by Crippen LogP contribution is 2.29. The third-order valence-corrected chi connectivity index (χ3v) is 4.16. The summed E-state index contributed by atoms with van der Waals surface area (Å²) in [5.41, 5.74) is 0.926. The molecule has 1 heterocycles. The van der Waals surface area contributed by atoms with E-state index in [1.807, 2.05) is 0 Å². The van der Waals surface area contributed by atoms with Gasteiger partial charge in [0.25, 0.3) is 0 Å². The first-order valence-corrected chi connectivity index (χ1v) is 6.88. The minimum atomic E-state index is -4.40. The van der Waals surface area contributed by atoms with E-state index < -0.39 is 11.7 Å². The Morgan fingerprint density at radius 2 is 1.86 bits per heavy atom. The van der Waals surface area contributed by atoms with Gasteiger partial charge in [-0.1, -0.05) is 12.1 Å². The van der Waals surface area contributed by atoms with Crippen molar-refractivity contribution in [2.24, 2.45) is 7.05 Å². The third kappa shape index (κ3) is 3.34. The first-order chi connectivity index (χ1) is 9.70. The smallest absolute Gasteiger partial charge is 0.294 e. The van der Waals surface area contributed by atoms with E-state index >= 15 is 0 Å². The van der Waals surface area contributed by atoms with Gasteiger partial charge in [-0.25, -0.2) is 0 Å². The van der Waals surface area contributed by atoms with Gasteiger partial charge in [-0.3, -0.25) is 9.48 Å². The molecule has 2 aromatic rings. The fraction of sp³-hybridized carbons (Fsp3) is 0.286. The van der Waals surface area contributed by atoms with Crippen LogP contribution >= 0.6 is 15.9 Å². The molecule has 3 nitrogen and oxygen atoms in total. The lowest BCUT2D eigenvalue weighted by Crippen LogP contribution is -2.10. The fourth-order valence-electron chi connectivity index (χ4n) is 1.97. The van der Waals surface area contributed by atoms with Crippen molar-refractivity contribution in [2.45, 2.75) is 19.5 Å². The van der Waals surface area contributed by atoms with Crippen molar-refractivity contribution in [1.82, 2.24) is 9.78 Å². The second-order valence-corrected chi connectivity index (χ2v) is 5.44. The van der Waals surface area contributed by atoms with Crippen LogP contribution in [0.5, 0.6) is 0 Å². The van der Waals surface area contributed by atoms with Gasteiger partial charge in [-0.2, -0.15) is 18.3 Å². The molecule has 0 aliphatic carbocycles. The lowest BCUT2D eigenvalue weighted by molar-refractivity contribution is -0.137. The predicted molar refractivity (Wildman–Crippen MR) is 75.1 cm³/mol. The Morgan fingerprint density at radius 1 is 1.29 bits per heavy atom. The Bertz CT molecular complexity index is 675. The van der Waals surface area contributed by atoms with Gasteiger partial charge in [0.15, 0.2) is 5.78 Å².